The fraction of sp³-hybridized carbons (Fsp3) is 0.400. The summed E-state index contributed by atoms with van der Waals surface area (Å²) < 4.78 is 1.08. The number of likely N-dealkylation sites (tertiary alicyclic amines) is 1. The van der Waals surface area contributed by atoms with Gasteiger partial charge in [-0.1, -0.05) is 30.7 Å². The van der Waals surface area contributed by atoms with Crippen LogP contribution in [0.5, 0.6) is 0 Å². The smallest absolute Gasteiger partial charge is 0.265 e. The highest BCUT2D eigenvalue weighted by molar-refractivity contribution is 7.21. The molecule has 1 fully saturated rings. The van der Waals surface area contributed by atoms with Crippen LogP contribution in [0.1, 0.15) is 28.6 Å². The number of benzene rings is 1. The van der Waals surface area contributed by atoms with Gasteiger partial charge in [0.05, 0.1) is 5.02 Å². The number of rotatable bonds is 2. The predicted octanol–water partition coefficient (Wildman–Crippen LogP) is 3.29. The number of carbonyl (C=O) groups excluding carboxylic acids is 1. The SMILES string of the molecule is CCc1ccc2c(Cl)c(C(=O)N3CC[C@H](N)C3)sc2c1. The number of amides is 1. The molecule has 5 heteroatoms. The highest BCUT2D eigenvalue weighted by Crippen LogP contribution is 2.37. The van der Waals surface area contributed by atoms with Gasteiger partial charge in [0, 0.05) is 29.2 Å². The zero-order chi connectivity index (χ0) is 14.3. The first-order valence-corrected chi connectivity index (χ1v) is 8.05. The Kier molecular flexibility index (Phi) is 3.71. The van der Waals surface area contributed by atoms with Crippen molar-refractivity contribution in [3.05, 3.63) is 33.7 Å². The van der Waals surface area contributed by atoms with Crippen molar-refractivity contribution in [2.75, 3.05) is 13.1 Å². The maximum Gasteiger partial charge on any atom is 0.265 e. The van der Waals surface area contributed by atoms with E-state index < -0.39 is 0 Å². The van der Waals surface area contributed by atoms with Crippen LogP contribution in [-0.2, 0) is 6.42 Å². The molecule has 0 bridgehead atoms. The molecule has 1 aliphatic heterocycles. The van der Waals surface area contributed by atoms with Crippen LogP contribution in [0, 0.1) is 0 Å². The first-order chi connectivity index (χ1) is 9.60. The molecular weight excluding hydrogens is 292 g/mol. The number of nitrogens with zero attached hydrogens (tertiary/aromatic N) is 1. The van der Waals surface area contributed by atoms with Gasteiger partial charge >= 0.3 is 0 Å². The van der Waals surface area contributed by atoms with E-state index in [9.17, 15) is 4.79 Å². The lowest BCUT2D eigenvalue weighted by atomic mass is 10.1. The Hall–Kier alpha value is -1.10. The van der Waals surface area contributed by atoms with E-state index in [2.05, 4.69) is 19.1 Å². The minimum Gasteiger partial charge on any atom is -0.336 e. The molecule has 2 aromatic rings. The normalized spacial score (nSPS) is 18.9. The minimum absolute atomic E-state index is 0.0159. The van der Waals surface area contributed by atoms with Crippen LogP contribution >= 0.6 is 22.9 Å². The van der Waals surface area contributed by atoms with E-state index in [1.54, 1.807) is 0 Å². The molecule has 0 spiro atoms. The molecule has 1 amide bonds. The van der Waals surface area contributed by atoms with Gasteiger partial charge in [-0.05, 0) is 24.5 Å². The Morgan fingerprint density at radius 3 is 3.00 bits per heavy atom. The zero-order valence-electron chi connectivity index (χ0n) is 11.4. The first-order valence-electron chi connectivity index (χ1n) is 6.86. The second-order valence-electron chi connectivity index (χ2n) is 5.23. The molecule has 0 aliphatic carbocycles. The summed E-state index contributed by atoms with van der Waals surface area (Å²) in [6.45, 7) is 3.47. The van der Waals surface area contributed by atoms with Crippen molar-refractivity contribution in [2.24, 2.45) is 5.73 Å². The Balaban J connectivity index is 1.99. The van der Waals surface area contributed by atoms with Gasteiger partial charge < -0.3 is 10.6 Å². The lowest BCUT2D eigenvalue weighted by molar-refractivity contribution is 0.0796. The third kappa shape index (κ3) is 2.32. The van der Waals surface area contributed by atoms with E-state index in [0.29, 0.717) is 16.4 Å². The Morgan fingerprint density at radius 2 is 2.35 bits per heavy atom. The van der Waals surface area contributed by atoms with Crippen LogP contribution in [0.25, 0.3) is 10.1 Å². The number of fused-ring (bicyclic) bond motifs is 1. The van der Waals surface area contributed by atoms with Crippen LogP contribution in [0.15, 0.2) is 18.2 Å². The number of thiophene rings is 1. The van der Waals surface area contributed by atoms with Crippen molar-refractivity contribution in [1.29, 1.82) is 0 Å². The van der Waals surface area contributed by atoms with E-state index in [4.69, 9.17) is 17.3 Å². The quantitative estimate of drug-likeness (QED) is 0.925. The van der Waals surface area contributed by atoms with Crippen LogP contribution in [0.3, 0.4) is 0 Å². The van der Waals surface area contributed by atoms with Gasteiger partial charge in [0.1, 0.15) is 4.88 Å². The molecule has 1 atom stereocenters. The monoisotopic (exact) mass is 308 g/mol. The second kappa shape index (κ2) is 5.35. The van der Waals surface area contributed by atoms with Crippen molar-refractivity contribution in [2.45, 2.75) is 25.8 Å². The van der Waals surface area contributed by atoms with E-state index in [-0.39, 0.29) is 11.9 Å². The maximum absolute atomic E-state index is 12.5. The number of carbonyl (C=O) groups is 1. The molecule has 20 heavy (non-hydrogen) atoms. The van der Waals surface area contributed by atoms with Gasteiger partial charge in [-0.2, -0.15) is 0 Å². The summed E-state index contributed by atoms with van der Waals surface area (Å²) in [4.78, 5) is 15.0. The number of halogens is 1. The first kappa shape index (κ1) is 13.9. The lowest BCUT2D eigenvalue weighted by Crippen LogP contribution is -2.31. The molecule has 0 saturated carbocycles. The Labute approximate surface area is 127 Å². The molecule has 0 radical (unpaired) electrons. The number of hydrogen-bond donors (Lipinski definition) is 1. The van der Waals surface area contributed by atoms with Gasteiger partial charge in [0.15, 0.2) is 0 Å². The highest BCUT2D eigenvalue weighted by atomic mass is 35.5. The molecule has 106 valence electrons. The molecule has 1 aliphatic rings. The summed E-state index contributed by atoms with van der Waals surface area (Å²) in [5.74, 6) is 0.0159. The molecule has 3 rings (SSSR count). The molecule has 1 aromatic heterocycles. The van der Waals surface area contributed by atoms with Crippen LogP contribution < -0.4 is 5.73 Å². The van der Waals surface area contributed by atoms with E-state index in [0.717, 1.165) is 29.5 Å². The fourth-order valence-corrected chi connectivity index (χ4v) is 4.13. The predicted molar refractivity (Wildman–Crippen MR) is 84.7 cm³/mol. The fourth-order valence-electron chi connectivity index (χ4n) is 2.58. The van der Waals surface area contributed by atoms with Gasteiger partial charge in [0.2, 0.25) is 0 Å². The van der Waals surface area contributed by atoms with Gasteiger partial charge in [-0.3, -0.25) is 4.79 Å². The summed E-state index contributed by atoms with van der Waals surface area (Å²) in [5, 5.41) is 1.55. The molecule has 1 aromatic carbocycles. The van der Waals surface area contributed by atoms with Gasteiger partial charge in [-0.15, -0.1) is 11.3 Å². The largest absolute Gasteiger partial charge is 0.336 e. The Bertz CT molecular complexity index is 667. The summed E-state index contributed by atoms with van der Waals surface area (Å²) in [6, 6.07) is 6.30. The lowest BCUT2D eigenvalue weighted by Gasteiger charge is -2.14. The van der Waals surface area contributed by atoms with Gasteiger partial charge in [0.25, 0.3) is 5.91 Å². The van der Waals surface area contributed by atoms with Crippen molar-refractivity contribution in [3.8, 4) is 0 Å². The summed E-state index contributed by atoms with van der Waals surface area (Å²) in [7, 11) is 0. The molecule has 0 unspecified atom stereocenters. The second-order valence-corrected chi connectivity index (χ2v) is 6.66. The topological polar surface area (TPSA) is 46.3 Å². The highest BCUT2D eigenvalue weighted by Gasteiger charge is 2.27. The van der Waals surface area contributed by atoms with E-state index >= 15 is 0 Å². The van der Waals surface area contributed by atoms with Crippen LogP contribution in [0.4, 0.5) is 0 Å². The third-order valence-electron chi connectivity index (χ3n) is 3.81. The molecule has 3 nitrogen and oxygen atoms in total. The zero-order valence-corrected chi connectivity index (χ0v) is 12.9. The van der Waals surface area contributed by atoms with Crippen LogP contribution in [0.2, 0.25) is 5.02 Å². The number of hydrogen-bond acceptors (Lipinski definition) is 3. The number of aryl methyl sites for hydroxylation is 1. The van der Waals surface area contributed by atoms with E-state index in [1.807, 2.05) is 11.0 Å². The molecule has 2 N–H and O–H groups in total. The summed E-state index contributed by atoms with van der Waals surface area (Å²) in [5.41, 5.74) is 7.13. The molecular formula is C15H17ClN2OS. The third-order valence-corrected chi connectivity index (χ3v) is 5.45. The molecule has 1 saturated heterocycles. The average molecular weight is 309 g/mol. The van der Waals surface area contributed by atoms with Crippen LogP contribution in [-0.4, -0.2) is 29.9 Å². The standard InChI is InChI=1S/C15H17ClN2OS/c1-2-9-3-4-11-12(7-9)20-14(13(11)16)15(19)18-6-5-10(17)8-18/h3-4,7,10H,2,5-6,8,17H2,1H3/t10-/m0/s1. The Morgan fingerprint density at radius 1 is 1.55 bits per heavy atom. The summed E-state index contributed by atoms with van der Waals surface area (Å²) >= 11 is 7.88. The van der Waals surface area contributed by atoms with Crippen molar-refractivity contribution in [3.63, 3.8) is 0 Å². The average Bonchev–Trinajstić information content (AvgIpc) is 3.02. The van der Waals surface area contributed by atoms with Crippen molar-refractivity contribution < 1.29 is 4.79 Å². The van der Waals surface area contributed by atoms with Gasteiger partial charge in [-0.25, -0.2) is 0 Å². The van der Waals surface area contributed by atoms with Crippen molar-refractivity contribution in [1.82, 2.24) is 4.90 Å². The maximum atomic E-state index is 12.5. The molecule has 2 heterocycles. The number of nitrogens with two attached hydrogens (primary N) is 1. The van der Waals surface area contributed by atoms with E-state index in [1.165, 1.54) is 16.9 Å². The summed E-state index contributed by atoms with van der Waals surface area (Å²) in [6.07, 6.45) is 1.85. The van der Waals surface area contributed by atoms with Crippen molar-refractivity contribution >= 4 is 38.9 Å². The minimum atomic E-state index is 0.0159.